The summed E-state index contributed by atoms with van der Waals surface area (Å²) >= 11 is 1.32. The van der Waals surface area contributed by atoms with Crippen LogP contribution in [0.15, 0.2) is 48.2 Å². The fraction of sp³-hybridized carbons (Fsp3) is 0.211. The van der Waals surface area contributed by atoms with Gasteiger partial charge in [-0.15, -0.1) is 11.3 Å². The van der Waals surface area contributed by atoms with Gasteiger partial charge in [0.1, 0.15) is 6.61 Å². The SMILES string of the molecule is CCc1ccccc1N(C(C)=O)c1nc(COC(=O)c2cnccn2)cs1. The second kappa shape index (κ2) is 8.50. The van der Waals surface area contributed by atoms with E-state index in [2.05, 4.69) is 15.0 Å². The quantitative estimate of drug-likeness (QED) is 0.606. The third-order valence-corrected chi connectivity index (χ3v) is 4.66. The summed E-state index contributed by atoms with van der Waals surface area (Å²) in [4.78, 5) is 38.0. The van der Waals surface area contributed by atoms with Gasteiger partial charge >= 0.3 is 5.97 Å². The zero-order valence-corrected chi connectivity index (χ0v) is 15.8. The van der Waals surface area contributed by atoms with E-state index in [1.165, 1.54) is 36.9 Å². The predicted molar refractivity (Wildman–Crippen MR) is 102 cm³/mol. The first-order valence-corrected chi connectivity index (χ1v) is 9.24. The first-order chi connectivity index (χ1) is 13.1. The zero-order valence-electron chi connectivity index (χ0n) is 15.0. The number of amides is 1. The number of hydrogen-bond acceptors (Lipinski definition) is 7. The summed E-state index contributed by atoms with van der Waals surface area (Å²) in [6.07, 6.45) is 5.04. The summed E-state index contributed by atoms with van der Waals surface area (Å²) in [6.45, 7) is 3.53. The number of hydrogen-bond donors (Lipinski definition) is 0. The van der Waals surface area contributed by atoms with Crippen molar-refractivity contribution >= 4 is 34.0 Å². The molecule has 138 valence electrons. The van der Waals surface area contributed by atoms with Crippen LogP contribution < -0.4 is 4.90 Å². The fourth-order valence-electron chi connectivity index (χ4n) is 2.52. The number of ether oxygens (including phenoxy) is 1. The molecule has 3 rings (SSSR count). The van der Waals surface area contributed by atoms with Crippen LogP contribution in [0.25, 0.3) is 0 Å². The molecule has 2 heterocycles. The molecule has 0 atom stereocenters. The van der Waals surface area contributed by atoms with Crippen molar-refractivity contribution in [2.75, 3.05) is 4.90 Å². The molecule has 7 nitrogen and oxygen atoms in total. The van der Waals surface area contributed by atoms with Crippen molar-refractivity contribution in [3.05, 3.63) is 65.2 Å². The van der Waals surface area contributed by atoms with Gasteiger partial charge in [-0.2, -0.15) is 0 Å². The summed E-state index contributed by atoms with van der Waals surface area (Å²) in [5, 5.41) is 2.30. The number of aromatic nitrogens is 3. The Labute approximate surface area is 160 Å². The van der Waals surface area contributed by atoms with E-state index in [0.717, 1.165) is 17.7 Å². The maximum atomic E-state index is 12.3. The summed E-state index contributed by atoms with van der Waals surface area (Å²) in [7, 11) is 0. The molecule has 0 radical (unpaired) electrons. The lowest BCUT2D eigenvalue weighted by Gasteiger charge is -2.20. The number of aryl methyl sites for hydroxylation is 1. The Morgan fingerprint density at radius 3 is 2.74 bits per heavy atom. The number of carbonyl (C=O) groups is 2. The number of para-hydroxylation sites is 1. The van der Waals surface area contributed by atoms with Gasteiger partial charge in [-0.1, -0.05) is 25.1 Å². The molecule has 0 aliphatic rings. The Balaban J connectivity index is 1.77. The average molecular weight is 382 g/mol. The minimum atomic E-state index is -0.572. The van der Waals surface area contributed by atoms with Crippen molar-refractivity contribution in [3.8, 4) is 0 Å². The molecule has 0 spiro atoms. The van der Waals surface area contributed by atoms with Crippen LogP contribution in [-0.2, 0) is 22.6 Å². The van der Waals surface area contributed by atoms with E-state index in [-0.39, 0.29) is 18.2 Å². The van der Waals surface area contributed by atoms with Gasteiger partial charge in [0.2, 0.25) is 5.91 Å². The van der Waals surface area contributed by atoms with Gasteiger partial charge in [-0.25, -0.2) is 14.8 Å². The van der Waals surface area contributed by atoms with E-state index < -0.39 is 5.97 Å². The van der Waals surface area contributed by atoms with Gasteiger partial charge < -0.3 is 4.74 Å². The Morgan fingerprint density at radius 2 is 2.04 bits per heavy atom. The molecule has 1 aromatic carbocycles. The van der Waals surface area contributed by atoms with Crippen LogP contribution >= 0.6 is 11.3 Å². The highest BCUT2D eigenvalue weighted by Crippen LogP contribution is 2.31. The van der Waals surface area contributed by atoms with Crippen LogP contribution in [0, 0.1) is 0 Å². The lowest BCUT2D eigenvalue weighted by Crippen LogP contribution is -2.23. The highest BCUT2D eigenvalue weighted by Gasteiger charge is 2.20. The summed E-state index contributed by atoms with van der Waals surface area (Å²) in [5.41, 5.74) is 2.56. The molecule has 27 heavy (non-hydrogen) atoms. The molecule has 3 aromatic rings. The number of anilines is 2. The summed E-state index contributed by atoms with van der Waals surface area (Å²) < 4.78 is 5.22. The number of esters is 1. The van der Waals surface area contributed by atoms with E-state index in [9.17, 15) is 9.59 Å². The standard InChI is InChI=1S/C19H18N4O3S/c1-3-14-6-4-5-7-17(14)23(13(2)24)19-22-15(12-27-19)11-26-18(25)16-10-20-8-9-21-16/h4-10,12H,3,11H2,1-2H3. The minimum absolute atomic E-state index is 0.00687. The number of benzene rings is 1. The highest BCUT2D eigenvalue weighted by molar-refractivity contribution is 7.14. The van der Waals surface area contributed by atoms with Gasteiger partial charge in [0.05, 0.1) is 17.6 Å². The molecule has 0 aliphatic carbocycles. The maximum Gasteiger partial charge on any atom is 0.358 e. The topological polar surface area (TPSA) is 85.3 Å². The van der Waals surface area contributed by atoms with Crippen molar-refractivity contribution in [1.82, 2.24) is 15.0 Å². The minimum Gasteiger partial charge on any atom is -0.454 e. The lowest BCUT2D eigenvalue weighted by molar-refractivity contribution is -0.115. The van der Waals surface area contributed by atoms with E-state index in [1.54, 1.807) is 10.3 Å². The maximum absolute atomic E-state index is 12.3. The van der Waals surface area contributed by atoms with E-state index in [1.807, 2.05) is 31.2 Å². The second-order valence-electron chi connectivity index (χ2n) is 5.62. The second-order valence-corrected chi connectivity index (χ2v) is 6.46. The number of carbonyl (C=O) groups excluding carboxylic acids is 2. The van der Waals surface area contributed by atoms with Crippen LogP contribution in [0.4, 0.5) is 10.8 Å². The monoisotopic (exact) mass is 382 g/mol. The number of rotatable bonds is 6. The van der Waals surface area contributed by atoms with E-state index in [4.69, 9.17) is 4.74 Å². The number of thiazole rings is 1. The molecule has 0 fully saturated rings. The molecule has 0 aliphatic heterocycles. The van der Waals surface area contributed by atoms with Crippen LogP contribution in [0.3, 0.4) is 0 Å². The average Bonchev–Trinajstić information content (AvgIpc) is 3.15. The number of nitrogens with zero attached hydrogens (tertiary/aromatic N) is 4. The Morgan fingerprint density at radius 1 is 1.22 bits per heavy atom. The molecule has 8 heteroatoms. The largest absolute Gasteiger partial charge is 0.454 e. The molecule has 0 unspecified atom stereocenters. The smallest absolute Gasteiger partial charge is 0.358 e. The molecule has 0 saturated carbocycles. The summed E-state index contributed by atoms with van der Waals surface area (Å²) in [6, 6.07) is 7.72. The van der Waals surface area contributed by atoms with Crippen molar-refractivity contribution < 1.29 is 14.3 Å². The van der Waals surface area contributed by atoms with Crippen molar-refractivity contribution in [2.24, 2.45) is 0 Å². The van der Waals surface area contributed by atoms with Crippen LogP contribution in [0.2, 0.25) is 0 Å². The third-order valence-electron chi connectivity index (χ3n) is 3.78. The normalized spacial score (nSPS) is 10.4. The van der Waals surface area contributed by atoms with Crippen LogP contribution in [0.1, 0.15) is 35.6 Å². The lowest BCUT2D eigenvalue weighted by atomic mass is 10.1. The molecular weight excluding hydrogens is 364 g/mol. The van der Waals surface area contributed by atoms with Gasteiger partial charge in [-0.05, 0) is 18.1 Å². The van der Waals surface area contributed by atoms with Crippen molar-refractivity contribution in [3.63, 3.8) is 0 Å². The van der Waals surface area contributed by atoms with Crippen LogP contribution in [0.5, 0.6) is 0 Å². The molecule has 0 N–H and O–H groups in total. The van der Waals surface area contributed by atoms with Crippen LogP contribution in [-0.4, -0.2) is 26.8 Å². The molecule has 0 saturated heterocycles. The van der Waals surface area contributed by atoms with Crippen molar-refractivity contribution in [2.45, 2.75) is 26.9 Å². The molecule has 1 amide bonds. The van der Waals surface area contributed by atoms with Gasteiger partial charge in [0.25, 0.3) is 0 Å². The van der Waals surface area contributed by atoms with Gasteiger partial charge in [0.15, 0.2) is 10.8 Å². The van der Waals surface area contributed by atoms with E-state index >= 15 is 0 Å². The van der Waals surface area contributed by atoms with Gasteiger partial charge in [-0.3, -0.25) is 14.7 Å². The van der Waals surface area contributed by atoms with Crippen molar-refractivity contribution in [1.29, 1.82) is 0 Å². The first-order valence-electron chi connectivity index (χ1n) is 8.36. The van der Waals surface area contributed by atoms with Gasteiger partial charge in [0, 0.05) is 24.7 Å². The molecule has 2 aromatic heterocycles. The predicted octanol–water partition coefficient (Wildman–Crippen LogP) is 3.54. The Bertz CT molecular complexity index is 943. The summed E-state index contributed by atoms with van der Waals surface area (Å²) in [5.74, 6) is -0.703. The first kappa shape index (κ1) is 18.7. The Hall–Kier alpha value is -3.13. The van der Waals surface area contributed by atoms with E-state index in [0.29, 0.717) is 10.8 Å². The third kappa shape index (κ3) is 4.35. The zero-order chi connectivity index (χ0) is 19.2. The molecule has 0 bridgehead atoms. The highest BCUT2D eigenvalue weighted by atomic mass is 32.1. The molecular formula is C19H18N4O3S. The Kier molecular flexibility index (Phi) is 5.87. The fourth-order valence-corrected chi connectivity index (χ4v) is 3.38.